The fraction of sp³-hybridized carbons (Fsp3) is 0.0857. The second-order valence-electron chi connectivity index (χ2n) is 10.2. The molecule has 0 spiro atoms. The summed E-state index contributed by atoms with van der Waals surface area (Å²) in [5.41, 5.74) is 7.21. The molecule has 0 saturated carbocycles. The van der Waals surface area contributed by atoms with Crippen molar-refractivity contribution < 1.29 is 4.74 Å². The van der Waals surface area contributed by atoms with Gasteiger partial charge in [-0.25, -0.2) is 0 Å². The summed E-state index contributed by atoms with van der Waals surface area (Å²) in [6, 6.07) is 43.6. The molecule has 0 radical (unpaired) electrons. The van der Waals surface area contributed by atoms with E-state index in [0.717, 1.165) is 11.5 Å². The highest BCUT2D eigenvalue weighted by atomic mass is 16.5. The van der Waals surface area contributed by atoms with Crippen LogP contribution >= 0.6 is 0 Å². The molecule has 0 N–H and O–H groups in total. The van der Waals surface area contributed by atoms with Gasteiger partial charge in [-0.2, -0.15) is 0 Å². The van der Waals surface area contributed by atoms with Gasteiger partial charge >= 0.3 is 0 Å². The molecule has 0 unspecified atom stereocenters. The molecular formula is C35H26O. The lowest BCUT2D eigenvalue weighted by Crippen LogP contribution is -2.24. The van der Waals surface area contributed by atoms with Crippen LogP contribution in [0.4, 0.5) is 0 Å². The van der Waals surface area contributed by atoms with E-state index in [-0.39, 0.29) is 5.41 Å². The van der Waals surface area contributed by atoms with Gasteiger partial charge in [-0.1, -0.05) is 123 Å². The number of fused-ring (bicyclic) bond motifs is 5. The topological polar surface area (TPSA) is 9.23 Å². The Hall–Kier alpha value is -4.36. The molecule has 0 aliphatic carbocycles. The van der Waals surface area contributed by atoms with E-state index in [0.29, 0.717) is 0 Å². The van der Waals surface area contributed by atoms with Crippen molar-refractivity contribution in [1.82, 2.24) is 0 Å². The fourth-order valence-corrected chi connectivity index (χ4v) is 5.77. The molecule has 0 bridgehead atoms. The van der Waals surface area contributed by atoms with Crippen LogP contribution in [0.2, 0.25) is 0 Å². The summed E-state index contributed by atoms with van der Waals surface area (Å²) >= 11 is 0. The Labute approximate surface area is 211 Å². The van der Waals surface area contributed by atoms with Gasteiger partial charge in [0.1, 0.15) is 11.5 Å². The Balaban J connectivity index is 1.27. The van der Waals surface area contributed by atoms with Crippen molar-refractivity contribution in [2.45, 2.75) is 19.3 Å². The molecule has 0 aromatic heterocycles. The number of hydrogen-bond acceptors (Lipinski definition) is 1. The van der Waals surface area contributed by atoms with Crippen molar-refractivity contribution in [3.8, 4) is 33.8 Å². The van der Waals surface area contributed by atoms with Crippen LogP contribution in [-0.2, 0) is 5.41 Å². The van der Waals surface area contributed by atoms with Crippen molar-refractivity contribution in [2.75, 3.05) is 0 Å². The number of rotatable bonds is 2. The van der Waals surface area contributed by atoms with E-state index in [4.69, 9.17) is 4.74 Å². The summed E-state index contributed by atoms with van der Waals surface area (Å²) < 4.78 is 6.35. The third-order valence-corrected chi connectivity index (χ3v) is 7.75. The van der Waals surface area contributed by atoms with Gasteiger partial charge in [0, 0.05) is 16.5 Å². The van der Waals surface area contributed by atoms with Crippen LogP contribution in [0, 0.1) is 0 Å². The Kier molecular flexibility index (Phi) is 4.56. The summed E-state index contributed by atoms with van der Waals surface area (Å²) in [6.45, 7) is 4.55. The number of hydrogen-bond donors (Lipinski definition) is 0. The second-order valence-corrected chi connectivity index (χ2v) is 10.2. The van der Waals surface area contributed by atoms with Crippen LogP contribution < -0.4 is 4.74 Å². The first-order chi connectivity index (χ1) is 17.6. The van der Waals surface area contributed by atoms with Gasteiger partial charge in [-0.15, -0.1) is 0 Å². The van der Waals surface area contributed by atoms with Gasteiger partial charge in [-0.05, 0) is 55.9 Å². The molecule has 1 heteroatoms. The van der Waals surface area contributed by atoms with E-state index < -0.39 is 0 Å². The maximum absolute atomic E-state index is 6.35. The SMILES string of the molecule is CC1(C)c2ccccc2Oc2cc(-c3ccc(-c4cccc5c4ccc4ccccc45)cc3)ccc21. The Morgan fingerprint density at radius 2 is 1.17 bits per heavy atom. The Bertz CT molecular complexity index is 1770. The summed E-state index contributed by atoms with van der Waals surface area (Å²) in [7, 11) is 0. The first kappa shape index (κ1) is 21.0. The highest BCUT2D eigenvalue weighted by molar-refractivity contribution is 6.12. The van der Waals surface area contributed by atoms with Gasteiger partial charge in [-0.3, -0.25) is 0 Å². The molecule has 1 aliphatic heterocycles. The van der Waals surface area contributed by atoms with E-state index in [1.54, 1.807) is 0 Å². The van der Waals surface area contributed by atoms with Gasteiger partial charge < -0.3 is 4.74 Å². The quantitative estimate of drug-likeness (QED) is 0.233. The predicted molar refractivity (Wildman–Crippen MR) is 151 cm³/mol. The predicted octanol–water partition coefficient (Wildman–Crippen LogP) is 9.76. The van der Waals surface area contributed by atoms with Gasteiger partial charge in [0.15, 0.2) is 0 Å². The lowest BCUT2D eigenvalue weighted by molar-refractivity contribution is 0.418. The third kappa shape index (κ3) is 3.17. The third-order valence-electron chi connectivity index (χ3n) is 7.75. The molecule has 0 saturated heterocycles. The van der Waals surface area contributed by atoms with Crippen molar-refractivity contribution in [2.24, 2.45) is 0 Å². The molecule has 1 heterocycles. The zero-order chi connectivity index (χ0) is 24.3. The molecule has 172 valence electrons. The highest BCUT2D eigenvalue weighted by Crippen LogP contribution is 2.48. The lowest BCUT2D eigenvalue weighted by Gasteiger charge is -2.34. The van der Waals surface area contributed by atoms with E-state index in [2.05, 4.69) is 129 Å². The fourth-order valence-electron chi connectivity index (χ4n) is 5.77. The number of benzene rings is 6. The minimum absolute atomic E-state index is 0.0922. The largest absolute Gasteiger partial charge is 0.457 e. The summed E-state index contributed by atoms with van der Waals surface area (Å²) in [5, 5.41) is 5.15. The average molecular weight is 463 g/mol. The molecule has 36 heavy (non-hydrogen) atoms. The maximum Gasteiger partial charge on any atom is 0.132 e. The van der Waals surface area contributed by atoms with Crippen molar-refractivity contribution in [1.29, 1.82) is 0 Å². The highest BCUT2D eigenvalue weighted by Gasteiger charge is 2.33. The standard InChI is InChI=1S/C35H26O/c1-35(2)31-12-5-6-13-33(31)36-34-22-26(19-21-32(34)35)23-14-16-25(17-15-23)28-10-7-11-29-27-9-4-3-8-24(27)18-20-30(28)29/h3-22H,1-2H3. The number of ether oxygens (including phenoxy) is 1. The van der Waals surface area contributed by atoms with Crippen molar-refractivity contribution in [3.05, 3.63) is 132 Å². The van der Waals surface area contributed by atoms with E-state index >= 15 is 0 Å². The van der Waals surface area contributed by atoms with E-state index in [9.17, 15) is 0 Å². The monoisotopic (exact) mass is 462 g/mol. The molecule has 6 aromatic carbocycles. The molecule has 7 rings (SSSR count). The van der Waals surface area contributed by atoms with Gasteiger partial charge in [0.25, 0.3) is 0 Å². The second kappa shape index (κ2) is 7.83. The molecular weight excluding hydrogens is 436 g/mol. The first-order valence-corrected chi connectivity index (χ1v) is 12.5. The van der Waals surface area contributed by atoms with Crippen LogP contribution in [0.25, 0.3) is 43.8 Å². The molecule has 0 atom stereocenters. The van der Waals surface area contributed by atoms with Crippen molar-refractivity contribution in [3.63, 3.8) is 0 Å². The first-order valence-electron chi connectivity index (χ1n) is 12.5. The van der Waals surface area contributed by atoms with E-state index in [1.807, 2.05) is 6.07 Å². The zero-order valence-corrected chi connectivity index (χ0v) is 20.5. The zero-order valence-electron chi connectivity index (χ0n) is 20.5. The summed E-state index contributed by atoms with van der Waals surface area (Å²) in [6.07, 6.45) is 0. The Morgan fingerprint density at radius 1 is 0.472 bits per heavy atom. The maximum atomic E-state index is 6.35. The molecule has 6 aromatic rings. The Morgan fingerprint density at radius 3 is 2.06 bits per heavy atom. The molecule has 1 nitrogen and oxygen atoms in total. The van der Waals surface area contributed by atoms with Crippen LogP contribution in [-0.4, -0.2) is 0 Å². The normalized spacial score (nSPS) is 13.7. The van der Waals surface area contributed by atoms with Crippen LogP contribution in [0.5, 0.6) is 11.5 Å². The van der Waals surface area contributed by atoms with Crippen LogP contribution in [0.3, 0.4) is 0 Å². The smallest absolute Gasteiger partial charge is 0.132 e. The number of para-hydroxylation sites is 1. The van der Waals surface area contributed by atoms with Crippen LogP contribution in [0.1, 0.15) is 25.0 Å². The average Bonchev–Trinajstić information content (AvgIpc) is 2.92. The summed E-state index contributed by atoms with van der Waals surface area (Å²) in [5.74, 6) is 1.90. The minimum Gasteiger partial charge on any atom is -0.457 e. The molecule has 0 fully saturated rings. The molecule has 1 aliphatic rings. The van der Waals surface area contributed by atoms with Gasteiger partial charge in [0.2, 0.25) is 0 Å². The molecule has 0 amide bonds. The van der Waals surface area contributed by atoms with Crippen LogP contribution in [0.15, 0.2) is 121 Å². The minimum atomic E-state index is -0.0922. The summed E-state index contributed by atoms with van der Waals surface area (Å²) in [4.78, 5) is 0. The van der Waals surface area contributed by atoms with Gasteiger partial charge in [0.05, 0.1) is 0 Å². The van der Waals surface area contributed by atoms with E-state index in [1.165, 1.54) is 54.9 Å². The van der Waals surface area contributed by atoms with Crippen molar-refractivity contribution >= 4 is 21.5 Å². The lowest BCUT2D eigenvalue weighted by atomic mass is 9.75.